The number of para-hydroxylation sites is 1. The van der Waals surface area contributed by atoms with Crippen LogP contribution >= 0.6 is 11.3 Å². The van der Waals surface area contributed by atoms with Gasteiger partial charge in [0.1, 0.15) is 4.88 Å². The lowest BCUT2D eigenvalue weighted by Gasteiger charge is -2.19. The Morgan fingerprint density at radius 2 is 1.94 bits per heavy atom. The van der Waals surface area contributed by atoms with Crippen molar-refractivity contribution >= 4 is 28.0 Å². The third-order valence-corrected chi connectivity index (χ3v) is 3.76. The Bertz CT molecular complexity index is 548. The number of carbonyl (C=O) groups is 1. The number of hydrogen-bond donors (Lipinski definition) is 1. The average Bonchev–Trinajstić information content (AvgIpc) is 2.78. The fourth-order valence-electron chi connectivity index (χ4n) is 1.68. The lowest BCUT2D eigenvalue weighted by Crippen LogP contribution is -2.08. The van der Waals surface area contributed by atoms with Gasteiger partial charge in [0.15, 0.2) is 0 Å². The zero-order valence-electron chi connectivity index (χ0n) is 9.68. The number of aromatic carboxylic acids is 1. The summed E-state index contributed by atoms with van der Waals surface area (Å²) in [5, 5.41) is 9.82. The number of carboxylic acid groups (broad SMARTS) is 1. The molecule has 1 heterocycles. The SMILES string of the molecule is Cc1ccccc1N(C)c1ccc(C(=O)O)s1. The Hall–Kier alpha value is -1.81. The Labute approximate surface area is 104 Å². The van der Waals surface area contributed by atoms with Crippen molar-refractivity contribution < 1.29 is 9.90 Å². The van der Waals surface area contributed by atoms with Crippen LogP contribution in [0, 0.1) is 6.92 Å². The molecule has 0 bridgehead atoms. The second-order valence-corrected chi connectivity index (χ2v) is 4.85. The standard InChI is InChI=1S/C13H13NO2S/c1-9-5-3-4-6-10(9)14(2)12-8-7-11(17-12)13(15)16/h3-8H,1-2H3,(H,15,16). The first kappa shape index (κ1) is 11.7. The predicted octanol–water partition coefficient (Wildman–Crippen LogP) is 3.52. The van der Waals surface area contributed by atoms with Crippen LogP contribution in [0.3, 0.4) is 0 Å². The van der Waals surface area contributed by atoms with E-state index in [1.807, 2.05) is 49.2 Å². The smallest absolute Gasteiger partial charge is 0.345 e. The van der Waals surface area contributed by atoms with E-state index in [0.717, 1.165) is 10.7 Å². The van der Waals surface area contributed by atoms with E-state index < -0.39 is 5.97 Å². The molecular formula is C13H13NO2S. The van der Waals surface area contributed by atoms with E-state index in [0.29, 0.717) is 4.88 Å². The van der Waals surface area contributed by atoms with Gasteiger partial charge >= 0.3 is 5.97 Å². The number of carboxylic acids is 1. The van der Waals surface area contributed by atoms with Gasteiger partial charge in [0, 0.05) is 12.7 Å². The number of aryl methyl sites for hydroxylation is 1. The molecule has 1 N–H and O–H groups in total. The number of benzene rings is 1. The maximum absolute atomic E-state index is 10.8. The molecule has 0 aliphatic carbocycles. The molecule has 2 aromatic rings. The van der Waals surface area contributed by atoms with Crippen molar-refractivity contribution in [3.63, 3.8) is 0 Å². The van der Waals surface area contributed by atoms with Crippen molar-refractivity contribution in [1.82, 2.24) is 0 Å². The van der Waals surface area contributed by atoms with Crippen LogP contribution in [0.4, 0.5) is 10.7 Å². The van der Waals surface area contributed by atoms with Crippen molar-refractivity contribution in [2.75, 3.05) is 11.9 Å². The van der Waals surface area contributed by atoms with Crippen molar-refractivity contribution in [3.8, 4) is 0 Å². The Kier molecular flexibility index (Phi) is 3.15. The summed E-state index contributed by atoms with van der Waals surface area (Å²) >= 11 is 1.28. The quantitative estimate of drug-likeness (QED) is 0.902. The summed E-state index contributed by atoms with van der Waals surface area (Å²) in [4.78, 5) is 13.2. The van der Waals surface area contributed by atoms with Crippen LogP contribution in [0.5, 0.6) is 0 Å². The Morgan fingerprint density at radius 1 is 1.24 bits per heavy atom. The second kappa shape index (κ2) is 4.59. The van der Waals surface area contributed by atoms with Crippen LogP contribution in [0.15, 0.2) is 36.4 Å². The van der Waals surface area contributed by atoms with Crippen LogP contribution in [0.2, 0.25) is 0 Å². The molecule has 0 atom stereocenters. The minimum absolute atomic E-state index is 0.362. The van der Waals surface area contributed by atoms with Gasteiger partial charge < -0.3 is 10.0 Å². The molecule has 0 spiro atoms. The summed E-state index contributed by atoms with van der Waals surface area (Å²) in [5.74, 6) is -0.876. The van der Waals surface area contributed by atoms with Crippen LogP contribution in [0.1, 0.15) is 15.2 Å². The van der Waals surface area contributed by atoms with E-state index in [9.17, 15) is 4.79 Å². The molecule has 0 aliphatic rings. The van der Waals surface area contributed by atoms with Gasteiger partial charge in [-0.15, -0.1) is 11.3 Å². The highest BCUT2D eigenvalue weighted by atomic mass is 32.1. The molecule has 0 unspecified atom stereocenters. The van der Waals surface area contributed by atoms with E-state index in [-0.39, 0.29) is 0 Å². The topological polar surface area (TPSA) is 40.5 Å². The first-order valence-corrected chi connectivity index (χ1v) is 6.03. The summed E-state index contributed by atoms with van der Waals surface area (Å²) in [6.45, 7) is 2.04. The number of rotatable bonds is 3. The van der Waals surface area contributed by atoms with Crippen molar-refractivity contribution in [2.45, 2.75) is 6.92 Å². The summed E-state index contributed by atoms with van der Waals surface area (Å²) in [6, 6.07) is 11.5. The molecule has 0 radical (unpaired) electrons. The zero-order chi connectivity index (χ0) is 12.4. The lowest BCUT2D eigenvalue weighted by atomic mass is 10.2. The number of anilines is 2. The van der Waals surface area contributed by atoms with Gasteiger partial charge in [-0.05, 0) is 30.7 Å². The summed E-state index contributed by atoms with van der Waals surface area (Å²) < 4.78 is 0. The van der Waals surface area contributed by atoms with Gasteiger partial charge in [0.25, 0.3) is 0 Å². The van der Waals surface area contributed by atoms with Gasteiger partial charge in [-0.25, -0.2) is 4.79 Å². The molecule has 0 saturated carbocycles. The van der Waals surface area contributed by atoms with E-state index in [2.05, 4.69) is 0 Å². The molecule has 88 valence electrons. The molecule has 1 aromatic carbocycles. The van der Waals surface area contributed by atoms with Gasteiger partial charge in [0.05, 0.1) is 5.00 Å². The highest BCUT2D eigenvalue weighted by Crippen LogP contribution is 2.32. The molecule has 1 aromatic heterocycles. The number of hydrogen-bond acceptors (Lipinski definition) is 3. The third kappa shape index (κ3) is 2.31. The highest BCUT2D eigenvalue weighted by Gasteiger charge is 2.12. The van der Waals surface area contributed by atoms with Crippen LogP contribution < -0.4 is 4.90 Å². The maximum atomic E-state index is 10.8. The fourth-order valence-corrected chi connectivity index (χ4v) is 2.50. The van der Waals surface area contributed by atoms with Gasteiger partial charge in [-0.2, -0.15) is 0 Å². The van der Waals surface area contributed by atoms with E-state index >= 15 is 0 Å². The summed E-state index contributed by atoms with van der Waals surface area (Å²) in [6.07, 6.45) is 0. The number of nitrogens with zero attached hydrogens (tertiary/aromatic N) is 1. The highest BCUT2D eigenvalue weighted by molar-refractivity contribution is 7.17. The molecule has 0 amide bonds. The first-order valence-electron chi connectivity index (χ1n) is 5.22. The van der Waals surface area contributed by atoms with Crippen molar-refractivity contribution in [1.29, 1.82) is 0 Å². The van der Waals surface area contributed by atoms with Crippen LogP contribution in [-0.4, -0.2) is 18.1 Å². The largest absolute Gasteiger partial charge is 0.477 e. The molecule has 0 aliphatic heterocycles. The normalized spacial score (nSPS) is 10.2. The van der Waals surface area contributed by atoms with Crippen molar-refractivity contribution in [3.05, 3.63) is 46.8 Å². The lowest BCUT2D eigenvalue weighted by molar-refractivity contribution is 0.0702. The molecule has 17 heavy (non-hydrogen) atoms. The Balaban J connectivity index is 2.34. The van der Waals surface area contributed by atoms with E-state index in [4.69, 9.17) is 5.11 Å². The monoisotopic (exact) mass is 247 g/mol. The Morgan fingerprint density at radius 3 is 2.53 bits per heavy atom. The second-order valence-electron chi connectivity index (χ2n) is 3.79. The fraction of sp³-hybridized carbons (Fsp3) is 0.154. The summed E-state index contributed by atoms with van der Waals surface area (Å²) in [5.41, 5.74) is 2.26. The minimum Gasteiger partial charge on any atom is -0.477 e. The maximum Gasteiger partial charge on any atom is 0.345 e. The molecule has 3 nitrogen and oxygen atoms in total. The first-order chi connectivity index (χ1) is 8.09. The minimum atomic E-state index is -0.876. The van der Waals surface area contributed by atoms with Crippen LogP contribution in [-0.2, 0) is 0 Å². The molecule has 0 fully saturated rings. The number of thiophene rings is 1. The van der Waals surface area contributed by atoms with Crippen LogP contribution in [0.25, 0.3) is 0 Å². The van der Waals surface area contributed by atoms with Gasteiger partial charge in [-0.1, -0.05) is 18.2 Å². The zero-order valence-corrected chi connectivity index (χ0v) is 10.5. The summed E-state index contributed by atoms with van der Waals surface area (Å²) in [7, 11) is 1.94. The molecular weight excluding hydrogens is 234 g/mol. The molecule has 0 saturated heterocycles. The predicted molar refractivity (Wildman–Crippen MR) is 70.5 cm³/mol. The van der Waals surface area contributed by atoms with Crippen molar-refractivity contribution in [2.24, 2.45) is 0 Å². The van der Waals surface area contributed by atoms with Gasteiger partial charge in [0.2, 0.25) is 0 Å². The van der Waals surface area contributed by atoms with Gasteiger partial charge in [-0.3, -0.25) is 0 Å². The van der Waals surface area contributed by atoms with E-state index in [1.54, 1.807) is 6.07 Å². The molecule has 4 heteroatoms. The average molecular weight is 247 g/mol. The molecule has 2 rings (SSSR count). The third-order valence-electron chi connectivity index (χ3n) is 2.61. The van der Waals surface area contributed by atoms with E-state index in [1.165, 1.54) is 16.9 Å².